The fourth-order valence-corrected chi connectivity index (χ4v) is 2.37. The average Bonchev–Trinajstić information content (AvgIpc) is 2.47. The highest BCUT2D eigenvalue weighted by Crippen LogP contribution is 2.22. The first-order valence-corrected chi connectivity index (χ1v) is 7.15. The summed E-state index contributed by atoms with van der Waals surface area (Å²) in [6.45, 7) is 6.81. The van der Waals surface area contributed by atoms with Crippen molar-refractivity contribution in [3.8, 4) is 5.75 Å². The molecule has 0 aromatic heterocycles. The Labute approximate surface area is 121 Å². The molecule has 2 heteroatoms. The van der Waals surface area contributed by atoms with Gasteiger partial charge in [0.2, 0.25) is 0 Å². The van der Waals surface area contributed by atoms with Crippen LogP contribution in [-0.4, -0.2) is 6.61 Å². The zero-order valence-corrected chi connectivity index (χ0v) is 12.5. The summed E-state index contributed by atoms with van der Waals surface area (Å²) >= 11 is 0. The van der Waals surface area contributed by atoms with E-state index in [-0.39, 0.29) is 6.04 Å². The largest absolute Gasteiger partial charge is 0.491 e. The van der Waals surface area contributed by atoms with E-state index in [2.05, 4.69) is 45.0 Å². The molecule has 0 aliphatic heterocycles. The average molecular weight is 269 g/mol. The number of para-hydroxylation sites is 1. The van der Waals surface area contributed by atoms with Crippen molar-refractivity contribution >= 4 is 0 Å². The maximum Gasteiger partial charge on any atom is 0.122 e. The van der Waals surface area contributed by atoms with Gasteiger partial charge in [0, 0.05) is 0 Å². The fourth-order valence-electron chi connectivity index (χ4n) is 2.37. The van der Waals surface area contributed by atoms with Crippen LogP contribution in [0.15, 0.2) is 42.5 Å². The van der Waals surface area contributed by atoms with E-state index in [9.17, 15) is 0 Å². The molecular weight excluding hydrogens is 246 g/mol. The molecule has 0 saturated carbocycles. The molecule has 1 unspecified atom stereocenters. The maximum atomic E-state index is 6.28. The van der Waals surface area contributed by atoms with E-state index in [1.165, 1.54) is 22.3 Å². The lowest BCUT2D eigenvalue weighted by atomic mass is 10.00. The fraction of sp³-hybridized carbons (Fsp3) is 0.333. The molecule has 0 fully saturated rings. The second-order valence-electron chi connectivity index (χ2n) is 5.24. The Morgan fingerprint density at radius 2 is 1.85 bits per heavy atom. The topological polar surface area (TPSA) is 35.2 Å². The molecule has 1 atom stereocenters. The quantitative estimate of drug-likeness (QED) is 0.892. The van der Waals surface area contributed by atoms with Crippen LogP contribution < -0.4 is 10.5 Å². The van der Waals surface area contributed by atoms with Gasteiger partial charge in [-0.1, -0.05) is 48.9 Å². The third-order valence-corrected chi connectivity index (χ3v) is 3.61. The minimum atomic E-state index is -0.0974. The Hall–Kier alpha value is -1.80. The molecule has 2 N–H and O–H groups in total. The van der Waals surface area contributed by atoms with Crippen molar-refractivity contribution in [2.24, 2.45) is 5.73 Å². The second-order valence-corrected chi connectivity index (χ2v) is 5.24. The minimum absolute atomic E-state index is 0.0974. The molecular formula is C18H23NO. The summed E-state index contributed by atoms with van der Waals surface area (Å²) < 4.78 is 5.91. The van der Waals surface area contributed by atoms with Crippen molar-refractivity contribution in [2.45, 2.75) is 33.2 Å². The first kappa shape index (κ1) is 14.6. The molecule has 2 nitrogen and oxygen atoms in total. The molecule has 2 aromatic rings. The number of aryl methyl sites for hydroxylation is 3. The van der Waals surface area contributed by atoms with Crippen LogP contribution in [0.25, 0.3) is 0 Å². The molecule has 0 heterocycles. The van der Waals surface area contributed by atoms with Gasteiger partial charge in [-0.05, 0) is 43.0 Å². The summed E-state index contributed by atoms with van der Waals surface area (Å²) in [5, 5.41) is 0. The lowest BCUT2D eigenvalue weighted by Crippen LogP contribution is -2.20. The molecule has 0 spiro atoms. The normalized spacial score (nSPS) is 12.2. The van der Waals surface area contributed by atoms with Gasteiger partial charge >= 0.3 is 0 Å². The predicted octanol–water partition coefficient (Wildman–Crippen LogP) is 3.94. The SMILES string of the molecule is CCc1ccccc1OCC(N)c1cc(C)ccc1C. The van der Waals surface area contributed by atoms with Crippen molar-refractivity contribution in [2.75, 3.05) is 6.61 Å². The Morgan fingerprint density at radius 3 is 2.60 bits per heavy atom. The third kappa shape index (κ3) is 3.40. The third-order valence-electron chi connectivity index (χ3n) is 3.61. The lowest BCUT2D eigenvalue weighted by molar-refractivity contribution is 0.287. The summed E-state index contributed by atoms with van der Waals surface area (Å²) in [5.74, 6) is 0.941. The molecule has 0 bridgehead atoms. The van der Waals surface area contributed by atoms with Crippen molar-refractivity contribution in [1.82, 2.24) is 0 Å². The summed E-state index contributed by atoms with van der Waals surface area (Å²) in [4.78, 5) is 0. The van der Waals surface area contributed by atoms with Crippen LogP contribution in [0.3, 0.4) is 0 Å². The summed E-state index contributed by atoms with van der Waals surface area (Å²) in [6.07, 6.45) is 0.967. The zero-order chi connectivity index (χ0) is 14.5. The van der Waals surface area contributed by atoms with Gasteiger partial charge in [0.25, 0.3) is 0 Å². The number of nitrogens with two attached hydrogens (primary N) is 1. The van der Waals surface area contributed by atoms with Gasteiger partial charge in [-0.15, -0.1) is 0 Å². The number of ether oxygens (including phenoxy) is 1. The monoisotopic (exact) mass is 269 g/mol. The summed E-state index contributed by atoms with van der Waals surface area (Å²) in [6, 6.07) is 14.4. The molecule has 2 aromatic carbocycles. The van der Waals surface area contributed by atoms with Crippen molar-refractivity contribution in [3.63, 3.8) is 0 Å². The summed E-state index contributed by atoms with van der Waals surface area (Å²) in [5.41, 5.74) is 11.1. The van der Waals surface area contributed by atoms with E-state index in [0.717, 1.165) is 12.2 Å². The van der Waals surface area contributed by atoms with Gasteiger partial charge in [-0.3, -0.25) is 0 Å². The van der Waals surface area contributed by atoms with Gasteiger partial charge in [-0.25, -0.2) is 0 Å². The molecule has 0 aliphatic rings. The maximum absolute atomic E-state index is 6.28. The Balaban J connectivity index is 2.08. The Bertz CT molecular complexity index is 577. The van der Waals surface area contributed by atoms with Crippen LogP contribution in [-0.2, 0) is 6.42 Å². The van der Waals surface area contributed by atoms with Crippen LogP contribution in [0, 0.1) is 13.8 Å². The minimum Gasteiger partial charge on any atom is -0.491 e. The smallest absolute Gasteiger partial charge is 0.122 e. The van der Waals surface area contributed by atoms with Crippen molar-refractivity contribution in [3.05, 3.63) is 64.7 Å². The van der Waals surface area contributed by atoms with E-state index in [4.69, 9.17) is 10.5 Å². The van der Waals surface area contributed by atoms with Crippen LogP contribution in [0.1, 0.15) is 35.2 Å². The molecule has 0 aliphatic carbocycles. The molecule has 20 heavy (non-hydrogen) atoms. The van der Waals surface area contributed by atoms with Crippen molar-refractivity contribution < 1.29 is 4.74 Å². The lowest BCUT2D eigenvalue weighted by Gasteiger charge is -2.17. The molecule has 0 radical (unpaired) electrons. The highest BCUT2D eigenvalue weighted by atomic mass is 16.5. The van der Waals surface area contributed by atoms with E-state index in [1.807, 2.05) is 18.2 Å². The van der Waals surface area contributed by atoms with Crippen LogP contribution >= 0.6 is 0 Å². The van der Waals surface area contributed by atoms with Crippen LogP contribution in [0.2, 0.25) is 0 Å². The standard InChI is InChI=1S/C18H23NO/c1-4-15-7-5-6-8-18(15)20-12-17(19)16-11-13(2)9-10-14(16)3/h5-11,17H,4,12,19H2,1-3H3. The highest BCUT2D eigenvalue weighted by Gasteiger charge is 2.11. The number of hydrogen-bond donors (Lipinski definition) is 1. The van der Waals surface area contributed by atoms with E-state index >= 15 is 0 Å². The Morgan fingerprint density at radius 1 is 1.10 bits per heavy atom. The second kappa shape index (κ2) is 6.58. The van der Waals surface area contributed by atoms with E-state index in [1.54, 1.807) is 0 Å². The van der Waals surface area contributed by atoms with Crippen molar-refractivity contribution in [1.29, 1.82) is 0 Å². The molecule has 2 rings (SSSR count). The van der Waals surface area contributed by atoms with Crippen LogP contribution in [0.5, 0.6) is 5.75 Å². The van der Waals surface area contributed by atoms with Gasteiger partial charge in [0.15, 0.2) is 0 Å². The van der Waals surface area contributed by atoms with Gasteiger partial charge < -0.3 is 10.5 Å². The molecule has 0 saturated heterocycles. The number of hydrogen-bond acceptors (Lipinski definition) is 2. The van der Waals surface area contributed by atoms with Gasteiger partial charge in [-0.2, -0.15) is 0 Å². The van der Waals surface area contributed by atoms with Gasteiger partial charge in [0.1, 0.15) is 12.4 Å². The first-order valence-electron chi connectivity index (χ1n) is 7.15. The number of rotatable bonds is 5. The number of benzene rings is 2. The van der Waals surface area contributed by atoms with E-state index in [0.29, 0.717) is 6.61 Å². The Kier molecular flexibility index (Phi) is 4.80. The molecule has 106 valence electrons. The first-order chi connectivity index (χ1) is 9.61. The molecule has 0 amide bonds. The van der Waals surface area contributed by atoms with E-state index < -0.39 is 0 Å². The highest BCUT2D eigenvalue weighted by molar-refractivity contribution is 5.35. The zero-order valence-electron chi connectivity index (χ0n) is 12.5. The summed E-state index contributed by atoms with van der Waals surface area (Å²) in [7, 11) is 0. The van der Waals surface area contributed by atoms with Gasteiger partial charge in [0.05, 0.1) is 6.04 Å². The van der Waals surface area contributed by atoms with Crippen LogP contribution in [0.4, 0.5) is 0 Å². The predicted molar refractivity (Wildman–Crippen MR) is 84.2 cm³/mol.